The number of amides is 1. The molecule has 1 amide bonds. The normalized spacial score (nSPS) is 10.4. The number of ether oxygens (including phenoxy) is 1. The fraction of sp³-hybridized carbons (Fsp3) is 0.222. The molecular formula is C18H19BrN2O2S. The second kappa shape index (κ2) is 8.26. The van der Waals surface area contributed by atoms with Gasteiger partial charge in [0.15, 0.2) is 5.11 Å². The molecular weight excluding hydrogens is 388 g/mol. The first kappa shape index (κ1) is 18.4. The average Bonchev–Trinajstić information content (AvgIpc) is 2.50. The Morgan fingerprint density at radius 3 is 2.42 bits per heavy atom. The van der Waals surface area contributed by atoms with Crippen LogP contribution in [0.3, 0.4) is 0 Å². The molecule has 0 radical (unpaired) electrons. The van der Waals surface area contributed by atoms with Crippen LogP contribution >= 0.6 is 28.1 Å². The van der Waals surface area contributed by atoms with E-state index in [-0.39, 0.29) is 17.1 Å². The molecule has 0 saturated carbocycles. The van der Waals surface area contributed by atoms with Crippen molar-refractivity contribution in [3.8, 4) is 5.75 Å². The minimum atomic E-state index is -0.271. The van der Waals surface area contributed by atoms with Crippen LogP contribution in [0.1, 0.15) is 29.8 Å². The molecule has 2 N–H and O–H groups in total. The molecule has 2 aromatic rings. The zero-order chi connectivity index (χ0) is 17.7. The molecule has 2 rings (SSSR count). The van der Waals surface area contributed by atoms with Gasteiger partial charge in [-0.1, -0.05) is 6.07 Å². The maximum Gasteiger partial charge on any atom is 0.257 e. The SMILES string of the molecule is Cc1ccc(NC(=S)NC(=O)c2ccc(OC(C)C)cc2)c(Br)c1. The average molecular weight is 407 g/mol. The number of hydrogen-bond acceptors (Lipinski definition) is 3. The van der Waals surface area contributed by atoms with Gasteiger partial charge in [0, 0.05) is 10.0 Å². The monoisotopic (exact) mass is 406 g/mol. The second-order valence-corrected chi connectivity index (χ2v) is 6.85. The molecule has 0 atom stereocenters. The summed E-state index contributed by atoms with van der Waals surface area (Å²) >= 11 is 8.66. The Balaban J connectivity index is 1.97. The molecule has 0 bridgehead atoms. The molecule has 0 heterocycles. The number of carbonyl (C=O) groups is 1. The quantitative estimate of drug-likeness (QED) is 0.724. The van der Waals surface area contributed by atoms with Gasteiger partial charge in [-0.3, -0.25) is 10.1 Å². The van der Waals surface area contributed by atoms with Crippen molar-refractivity contribution in [2.45, 2.75) is 26.9 Å². The molecule has 0 fully saturated rings. The highest BCUT2D eigenvalue weighted by Crippen LogP contribution is 2.23. The van der Waals surface area contributed by atoms with Crippen molar-refractivity contribution < 1.29 is 9.53 Å². The van der Waals surface area contributed by atoms with Crippen molar-refractivity contribution in [3.05, 3.63) is 58.1 Å². The van der Waals surface area contributed by atoms with E-state index in [1.807, 2.05) is 39.0 Å². The van der Waals surface area contributed by atoms with E-state index in [0.717, 1.165) is 21.5 Å². The molecule has 4 nitrogen and oxygen atoms in total. The summed E-state index contributed by atoms with van der Waals surface area (Å²) in [4.78, 5) is 12.2. The van der Waals surface area contributed by atoms with E-state index in [2.05, 4.69) is 26.6 Å². The summed E-state index contributed by atoms with van der Waals surface area (Å²) in [6, 6.07) is 12.8. The Kier molecular flexibility index (Phi) is 6.34. The largest absolute Gasteiger partial charge is 0.491 e. The topological polar surface area (TPSA) is 50.4 Å². The number of hydrogen-bond donors (Lipinski definition) is 2. The third kappa shape index (κ3) is 5.32. The van der Waals surface area contributed by atoms with E-state index in [4.69, 9.17) is 17.0 Å². The molecule has 6 heteroatoms. The van der Waals surface area contributed by atoms with Gasteiger partial charge in [-0.05, 0) is 90.9 Å². The van der Waals surface area contributed by atoms with E-state index in [9.17, 15) is 4.79 Å². The van der Waals surface area contributed by atoms with Crippen LogP contribution < -0.4 is 15.4 Å². The Labute approximate surface area is 155 Å². The first-order chi connectivity index (χ1) is 11.3. The lowest BCUT2D eigenvalue weighted by Crippen LogP contribution is -2.34. The van der Waals surface area contributed by atoms with Crippen LogP contribution in [-0.2, 0) is 0 Å². The van der Waals surface area contributed by atoms with Gasteiger partial charge in [-0.15, -0.1) is 0 Å². The van der Waals surface area contributed by atoms with E-state index >= 15 is 0 Å². The Hall–Kier alpha value is -1.92. The lowest BCUT2D eigenvalue weighted by molar-refractivity contribution is 0.0977. The summed E-state index contributed by atoms with van der Waals surface area (Å²) in [5.41, 5.74) is 2.44. The van der Waals surface area contributed by atoms with Gasteiger partial charge in [0.1, 0.15) is 5.75 Å². The standard InChI is InChI=1S/C18H19BrN2O2S/c1-11(2)23-14-7-5-13(6-8-14)17(22)21-18(24)20-16-9-4-12(3)10-15(16)19/h4-11H,1-3H3,(H2,20,21,22,24). The van der Waals surface area contributed by atoms with Crippen LogP contribution in [0.2, 0.25) is 0 Å². The summed E-state index contributed by atoms with van der Waals surface area (Å²) in [7, 11) is 0. The van der Waals surface area contributed by atoms with Crippen molar-refractivity contribution in [2.75, 3.05) is 5.32 Å². The predicted octanol–water partition coefficient (Wildman–Crippen LogP) is 4.67. The predicted molar refractivity (Wildman–Crippen MR) is 105 cm³/mol. The van der Waals surface area contributed by atoms with Crippen molar-refractivity contribution in [1.82, 2.24) is 5.32 Å². The van der Waals surface area contributed by atoms with Gasteiger partial charge < -0.3 is 10.1 Å². The number of halogens is 1. The van der Waals surface area contributed by atoms with E-state index < -0.39 is 0 Å². The Morgan fingerprint density at radius 2 is 1.83 bits per heavy atom. The number of nitrogens with one attached hydrogen (secondary N) is 2. The first-order valence-corrected chi connectivity index (χ1v) is 8.70. The molecule has 0 aromatic heterocycles. The zero-order valence-corrected chi connectivity index (χ0v) is 16.1. The Bertz CT molecular complexity index is 745. The Morgan fingerprint density at radius 1 is 1.17 bits per heavy atom. The summed E-state index contributed by atoms with van der Waals surface area (Å²) in [6.45, 7) is 5.91. The highest BCUT2D eigenvalue weighted by molar-refractivity contribution is 9.10. The van der Waals surface area contributed by atoms with Gasteiger partial charge in [0.25, 0.3) is 5.91 Å². The maximum atomic E-state index is 12.2. The van der Waals surface area contributed by atoms with Crippen molar-refractivity contribution in [2.24, 2.45) is 0 Å². The summed E-state index contributed by atoms with van der Waals surface area (Å²) < 4.78 is 6.44. The third-order valence-corrected chi connectivity index (χ3v) is 3.95. The first-order valence-electron chi connectivity index (χ1n) is 7.50. The van der Waals surface area contributed by atoms with E-state index in [1.54, 1.807) is 24.3 Å². The van der Waals surface area contributed by atoms with Gasteiger partial charge in [0.2, 0.25) is 0 Å². The van der Waals surface area contributed by atoms with Crippen molar-refractivity contribution >= 4 is 44.9 Å². The number of aryl methyl sites for hydroxylation is 1. The number of carbonyl (C=O) groups excluding carboxylic acids is 1. The third-order valence-electron chi connectivity index (χ3n) is 3.09. The molecule has 0 aliphatic rings. The van der Waals surface area contributed by atoms with Gasteiger partial charge >= 0.3 is 0 Å². The molecule has 0 unspecified atom stereocenters. The number of thiocarbonyl (C=S) groups is 1. The smallest absolute Gasteiger partial charge is 0.257 e. The zero-order valence-electron chi connectivity index (χ0n) is 13.7. The number of benzene rings is 2. The highest BCUT2D eigenvalue weighted by atomic mass is 79.9. The second-order valence-electron chi connectivity index (χ2n) is 5.58. The van der Waals surface area contributed by atoms with Crippen LogP contribution in [-0.4, -0.2) is 17.1 Å². The molecule has 126 valence electrons. The van der Waals surface area contributed by atoms with Crippen LogP contribution in [0.25, 0.3) is 0 Å². The minimum absolute atomic E-state index is 0.0920. The van der Waals surface area contributed by atoms with Crippen molar-refractivity contribution in [3.63, 3.8) is 0 Å². The molecule has 0 saturated heterocycles. The fourth-order valence-electron chi connectivity index (χ4n) is 2.01. The van der Waals surface area contributed by atoms with Gasteiger partial charge in [-0.25, -0.2) is 0 Å². The molecule has 0 spiro atoms. The summed E-state index contributed by atoms with van der Waals surface area (Å²) in [5, 5.41) is 5.91. The molecule has 2 aromatic carbocycles. The fourth-order valence-corrected chi connectivity index (χ4v) is 2.80. The van der Waals surface area contributed by atoms with Gasteiger partial charge in [0.05, 0.1) is 11.8 Å². The van der Waals surface area contributed by atoms with Crippen LogP contribution in [0.4, 0.5) is 5.69 Å². The van der Waals surface area contributed by atoms with E-state index in [1.165, 1.54) is 0 Å². The molecule has 24 heavy (non-hydrogen) atoms. The van der Waals surface area contributed by atoms with Crippen LogP contribution in [0, 0.1) is 6.92 Å². The summed E-state index contributed by atoms with van der Waals surface area (Å²) in [5.74, 6) is 0.456. The lowest BCUT2D eigenvalue weighted by Gasteiger charge is -2.12. The van der Waals surface area contributed by atoms with Crippen LogP contribution in [0.5, 0.6) is 5.75 Å². The molecule has 0 aliphatic heterocycles. The van der Waals surface area contributed by atoms with Crippen LogP contribution in [0.15, 0.2) is 46.9 Å². The summed E-state index contributed by atoms with van der Waals surface area (Å²) in [6.07, 6.45) is 0.0920. The molecule has 0 aliphatic carbocycles. The highest BCUT2D eigenvalue weighted by Gasteiger charge is 2.09. The maximum absolute atomic E-state index is 12.2. The lowest BCUT2D eigenvalue weighted by atomic mass is 10.2. The van der Waals surface area contributed by atoms with E-state index in [0.29, 0.717) is 5.56 Å². The van der Waals surface area contributed by atoms with Gasteiger partial charge in [-0.2, -0.15) is 0 Å². The number of anilines is 1. The number of rotatable bonds is 4. The van der Waals surface area contributed by atoms with Crippen molar-refractivity contribution in [1.29, 1.82) is 0 Å². The minimum Gasteiger partial charge on any atom is -0.491 e.